The first-order chi connectivity index (χ1) is 14.6. The van der Waals surface area contributed by atoms with Crippen LogP contribution in [0.3, 0.4) is 0 Å². The molecule has 0 aliphatic heterocycles. The van der Waals surface area contributed by atoms with Crippen molar-refractivity contribution in [3.63, 3.8) is 0 Å². The summed E-state index contributed by atoms with van der Waals surface area (Å²) in [5, 5.41) is 21.4. The van der Waals surface area contributed by atoms with E-state index in [1.54, 1.807) is 6.07 Å². The second-order valence-corrected chi connectivity index (χ2v) is 8.25. The van der Waals surface area contributed by atoms with Crippen molar-refractivity contribution in [1.82, 2.24) is 0 Å². The average Bonchev–Trinajstić information content (AvgIpc) is 2.73. The van der Waals surface area contributed by atoms with Gasteiger partial charge in [-0.25, -0.2) is 9.59 Å². The Balaban J connectivity index is 0. The van der Waals surface area contributed by atoms with Crippen LogP contribution in [-0.4, -0.2) is 87.8 Å². The van der Waals surface area contributed by atoms with Gasteiger partial charge in [0.25, 0.3) is 0 Å². The number of carboxylic acids is 2. The fourth-order valence-corrected chi connectivity index (χ4v) is 3.75. The number of hydrogen-bond donors (Lipinski definition) is 3. The number of carboxylic acid groups (broad SMARTS) is 2. The zero-order valence-corrected chi connectivity index (χ0v) is 18.8. The third-order valence-corrected chi connectivity index (χ3v) is 5.59. The van der Waals surface area contributed by atoms with Crippen LogP contribution in [0.5, 0.6) is 0 Å². The van der Waals surface area contributed by atoms with Crippen LogP contribution < -0.4 is 5.32 Å². The number of unbranched alkanes of at least 4 members (excludes halogenated alkanes) is 14. The van der Waals surface area contributed by atoms with Crippen LogP contribution in [0.1, 0.15) is 124 Å². The second kappa shape index (κ2) is 22.7. The van der Waals surface area contributed by atoms with Gasteiger partial charge in [0.2, 0.25) is 0 Å². The van der Waals surface area contributed by atoms with Gasteiger partial charge >= 0.3 is 71.1 Å². The number of benzene rings is 1. The van der Waals surface area contributed by atoms with E-state index < -0.39 is 11.9 Å². The van der Waals surface area contributed by atoms with Crippen molar-refractivity contribution in [2.45, 2.75) is 103 Å². The first kappa shape index (κ1) is 34.1. The molecule has 5 nitrogen and oxygen atoms in total. The first-order valence-corrected chi connectivity index (χ1v) is 11.9. The monoisotopic (exact) mass is 467 g/mol. The topological polar surface area (TPSA) is 86.6 Å². The number of anilines is 1. The van der Waals surface area contributed by atoms with Crippen molar-refractivity contribution in [3.8, 4) is 0 Å². The molecule has 0 unspecified atom stereocenters. The Hall–Kier alpha value is -0.0400. The molecule has 3 N–H and O–H groups in total. The van der Waals surface area contributed by atoms with Crippen molar-refractivity contribution in [3.05, 3.63) is 29.3 Å². The maximum absolute atomic E-state index is 11.2. The molecule has 174 valence electrons. The number of rotatable bonds is 19. The fourth-order valence-electron chi connectivity index (χ4n) is 3.75. The summed E-state index contributed by atoms with van der Waals surface area (Å²) < 4.78 is 0. The predicted molar refractivity (Wildman–Crippen MR) is 138 cm³/mol. The molecule has 1 aromatic carbocycles. The number of carbonyl (C=O) groups is 2. The molecular weight excluding hydrogens is 424 g/mol. The van der Waals surface area contributed by atoms with Gasteiger partial charge in [-0.05, 0) is 24.6 Å². The van der Waals surface area contributed by atoms with Crippen molar-refractivity contribution >= 4 is 76.7 Å². The molecule has 1 aromatic rings. The van der Waals surface area contributed by atoms with Gasteiger partial charge in [-0.1, -0.05) is 96.8 Å². The molecule has 0 atom stereocenters. The molecule has 0 saturated heterocycles. The van der Waals surface area contributed by atoms with Crippen molar-refractivity contribution in [2.24, 2.45) is 0 Å². The Labute approximate surface area is 239 Å². The van der Waals surface area contributed by atoms with Gasteiger partial charge in [-0.3, -0.25) is 0 Å². The maximum atomic E-state index is 11.2. The zero-order valence-electron chi connectivity index (χ0n) is 18.8. The molecule has 0 aromatic heterocycles. The molecule has 1 rings (SSSR count). The zero-order chi connectivity index (χ0) is 22.0. The molecule has 0 amide bonds. The van der Waals surface area contributed by atoms with Gasteiger partial charge in [0.05, 0.1) is 11.1 Å². The first-order valence-electron chi connectivity index (χ1n) is 11.9. The van der Waals surface area contributed by atoms with E-state index in [4.69, 9.17) is 10.2 Å². The second-order valence-electron chi connectivity index (χ2n) is 8.25. The minimum atomic E-state index is -1.22. The van der Waals surface area contributed by atoms with E-state index in [0.717, 1.165) is 19.4 Å². The van der Waals surface area contributed by atoms with Gasteiger partial charge < -0.3 is 15.5 Å². The summed E-state index contributed by atoms with van der Waals surface area (Å²) in [5.41, 5.74) is 0.298. The normalized spacial score (nSPS) is 10.2. The molecule has 0 saturated carbocycles. The summed E-state index contributed by atoms with van der Waals surface area (Å²) in [6.07, 6.45) is 19.9. The van der Waals surface area contributed by atoms with E-state index in [2.05, 4.69) is 12.2 Å². The number of aromatic carboxylic acids is 2. The van der Waals surface area contributed by atoms with E-state index in [-0.39, 0.29) is 70.2 Å². The Morgan fingerprint density at radius 2 is 1.06 bits per heavy atom. The van der Waals surface area contributed by atoms with Gasteiger partial charge in [0, 0.05) is 12.2 Å². The molecule has 0 fully saturated rings. The van der Waals surface area contributed by atoms with Crippen LogP contribution in [0.2, 0.25) is 0 Å². The van der Waals surface area contributed by atoms with Crippen LogP contribution in [0, 0.1) is 0 Å². The summed E-state index contributed by atoms with van der Waals surface area (Å²) >= 11 is 0. The predicted octanol–water partition coefficient (Wildman–Crippen LogP) is 6.07. The van der Waals surface area contributed by atoms with Gasteiger partial charge in [-0.2, -0.15) is 0 Å². The van der Waals surface area contributed by atoms with Crippen LogP contribution in [0.15, 0.2) is 18.2 Å². The molecule has 0 aliphatic rings. The summed E-state index contributed by atoms with van der Waals surface area (Å²) in [4.78, 5) is 22.3. The average molecular weight is 468 g/mol. The van der Waals surface area contributed by atoms with Crippen molar-refractivity contribution in [1.29, 1.82) is 0 Å². The Kier molecular flexibility index (Phi) is 24.3. The SMILES string of the molecule is CCCCCCCCCCCCCCCCCNc1ccc(C(=O)O)c(C(=O)O)c1.[NaH].[NaH]. The van der Waals surface area contributed by atoms with Gasteiger partial charge in [0.15, 0.2) is 0 Å². The third-order valence-electron chi connectivity index (χ3n) is 5.59. The minimum absolute atomic E-state index is 0. The molecule has 32 heavy (non-hydrogen) atoms. The molecule has 0 aliphatic carbocycles. The molecule has 0 heterocycles. The molecular formula is C25H43NNa2O4. The summed E-state index contributed by atoms with van der Waals surface area (Å²) in [6, 6.07) is 4.37. The Bertz CT molecular complexity index is 626. The Morgan fingerprint density at radius 1 is 0.656 bits per heavy atom. The van der Waals surface area contributed by atoms with E-state index in [9.17, 15) is 9.59 Å². The van der Waals surface area contributed by atoms with E-state index >= 15 is 0 Å². The molecule has 0 spiro atoms. The summed E-state index contributed by atoms with van der Waals surface area (Å²) in [5.74, 6) is -2.44. The fraction of sp³-hybridized carbons (Fsp3) is 0.680. The van der Waals surface area contributed by atoms with Crippen LogP contribution in [0.4, 0.5) is 5.69 Å². The summed E-state index contributed by atoms with van der Waals surface area (Å²) in [6.45, 7) is 3.03. The molecule has 0 bridgehead atoms. The van der Waals surface area contributed by atoms with Crippen LogP contribution in [-0.2, 0) is 0 Å². The number of nitrogens with one attached hydrogen (secondary N) is 1. The molecule has 0 radical (unpaired) electrons. The van der Waals surface area contributed by atoms with Gasteiger partial charge in [0.1, 0.15) is 0 Å². The summed E-state index contributed by atoms with van der Waals surface area (Å²) in [7, 11) is 0. The van der Waals surface area contributed by atoms with Crippen molar-refractivity contribution < 1.29 is 19.8 Å². The third kappa shape index (κ3) is 16.6. The van der Waals surface area contributed by atoms with Crippen LogP contribution >= 0.6 is 0 Å². The Morgan fingerprint density at radius 3 is 1.47 bits per heavy atom. The van der Waals surface area contributed by atoms with E-state index in [1.807, 2.05) is 0 Å². The standard InChI is InChI=1S/C25H41NO4.2Na.2H/c1-2-3-4-5-6-7-8-9-10-11-12-13-14-15-16-19-26-21-17-18-22(24(27)28)23(20-21)25(29)30;;;;/h17-18,20,26H,2-16,19H2,1H3,(H,27,28)(H,29,30);;;;. The van der Waals surface area contributed by atoms with Gasteiger partial charge in [-0.15, -0.1) is 0 Å². The van der Waals surface area contributed by atoms with Crippen molar-refractivity contribution in [2.75, 3.05) is 11.9 Å². The molecule has 7 heteroatoms. The van der Waals surface area contributed by atoms with E-state index in [1.165, 1.54) is 95.6 Å². The number of hydrogen-bond acceptors (Lipinski definition) is 3. The van der Waals surface area contributed by atoms with Crippen LogP contribution in [0.25, 0.3) is 0 Å². The quantitative estimate of drug-likeness (QED) is 0.170. The van der Waals surface area contributed by atoms with E-state index in [0.29, 0.717) is 5.69 Å².